The van der Waals surface area contributed by atoms with Gasteiger partial charge in [0.15, 0.2) is 0 Å². The van der Waals surface area contributed by atoms with Gasteiger partial charge in [0.05, 0.1) is 32.9 Å². The number of hydrogen-bond donors (Lipinski definition) is 2. The molecule has 0 aliphatic heterocycles. The van der Waals surface area contributed by atoms with Crippen LogP contribution in [0.1, 0.15) is 91.4 Å². The van der Waals surface area contributed by atoms with Gasteiger partial charge in [-0.25, -0.2) is 0 Å². The molecule has 4 saturated carbocycles. The quantitative estimate of drug-likeness (QED) is 0.195. The van der Waals surface area contributed by atoms with Gasteiger partial charge in [-0.05, 0) is 60.7 Å². The number of carbonyl (C=O) groups excluding carboxylic acids is 4. The topological polar surface area (TPSA) is 135 Å². The van der Waals surface area contributed by atoms with Gasteiger partial charge in [-0.15, -0.1) is 0 Å². The maximum absolute atomic E-state index is 14.0. The van der Waals surface area contributed by atoms with Crippen molar-refractivity contribution in [2.45, 2.75) is 91.4 Å². The van der Waals surface area contributed by atoms with E-state index in [-0.39, 0.29) is 69.9 Å². The second kappa shape index (κ2) is 12.4. The van der Waals surface area contributed by atoms with Gasteiger partial charge >= 0.3 is 0 Å². The summed E-state index contributed by atoms with van der Waals surface area (Å²) in [5.74, 6) is 1.04. The van der Waals surface area contributed by atoms with E-state index >= 15 is 0 Å². The Bertz CT molecular complexity index is 1180. The number of nitrogens with one attached hydrogen (secondary N) is 1. The molecule has 0 aromatic rings. The zero-order chi connectivity index (χ0) is 31.1. The Morgan fingerprint density at radius 3 is 2.43 bits per heavy atom. The van der Waals surface area contributed by atoms with Crippen molar-refractivity contribution in [2.75, 3.05) is 39.5 Å². The van der Waals surface area contributed by atoms with E-state index in [4.69, 9.17) is 4.55 Å². The van der Waals surface area contributed by atoms with Crippen molar-refractivity contribution < 1.29 is 36.6 Å². The number of rotatable bonds is 12. The summed E-state index contributed by atoms with van der Waals surface area (Å²) in [4.78, 5) is 52.4. The summed E-state index contributed by atoms with van der Waals surface area (Å²) in [6, 6.07) is 0. The lowest BCUT2D eigenvalue weighted by atomic mass is 9.44. The van der Waals surface area contributed by atoms with Gasteiger partial charge in [0.2, 0.25) is 5.91 Å². The summed E-state index contributed by atoms with van der Waals surface area (Å²) in [6.07, 6.45) is 6.81. The van der Waals surface area contributed by atoms with E-state index in [1.165, 1.54) is 0 Å². The van der Waals surface area contributed by atoms with E-state index in [9.17, 15) is 27.6 Å². The van der Waals surface area contributed by atoms with E-state index in [1.54, 1.807) is 0 Å². The molecule has 0 aromatic carbocycles. The molecule has 2 unspecified atom stereocenters. The Morgan fingerprint density at radius 2 is 1.74 bits per heavy atom. The van der Waals surface area contributed by atoms with E-state index in [0.29, 0.717) is 62.5 Å². The van der Waals surface area contributed by atoms with Gasteiger partial charge < -0.3 is 9.80 Å². The molecule has 0 spiro atoms. The van der Waals surface area contributed by atoms with Gasteiger partial charge in [-0.2, -0.15) is 8.42 Å². The monoisotopic (exact) mass is 609 g/mol. The first-order valence-corrected chi connectivity index (χ1v) is 17.7. The third kappa shape index (κ3) is 6.85. The predicted molar refractivity (Wildman–Crippen MR) is 160 cm³/mol. The minimum absolute atomic E-state index is 0.00142. The number of hydrogen-bond acceptors (Lipinski definition) is 6. The van der Waals surface area contributed by atoms with Crippen molar-refractivity contribution in [3.63, 3.8) is 0 Å². The van der Waals surface area contributed by atoms with Crippen LogP contribution in [0.2, 0.25) is 0 Å². The summed E-state index contributed by atoms with van der Waals surface area (Å²) >= 11 is 0. The molecule has 1 amide bonds. The van der Waals surface area contributed by atoms with Crippen LogP contribution in [0, 0.1) is 46.3 Å². The highest BCUT2D eigenvalue weighted by Crippen LogP contribution is 2.66. The van der Waals surface area contributed by atoms with E-state index in [2.05, 4.69) is 26.1 Å². The fraction of sp³-hybridized carbons (Fsp3) is 0.875. The zero-order valence-electron chi connectivity index (χ0n) is 26.3. The van der Waals surface area contributed by atoms with Crippen LogP contribution in [-0.2, 0) is 29.3 Å². The van der Waals surface area contributed by atoms with Crippen molar-refractivity contribution in [3.05, 3.63) is 0 Å². The lowest BCUT2D eigenvalue weighted by molar-refractivity contribution is -0.890. The minimum atomic E-state index is -3.94. The second-order valence-corrected chi connectivity index (χ2v) is 16.8. The molecule has 42 heavy (non-hydrogen) atoms. The van der Waals surface area contributed by atoms with Crippen molar-refractivity contribution in [1.82, 2.24) is 5.32 Å². The standard InChI is InChI=1S/C32H52N2O7S/c1-21(8-11-29(38)33-14-6-15-34(4,5)16-7-17-42(39,40)41)24-9-10-25-30-26(20-28(37)32(24,25)3)31(2)13-12-23(35)18-22(31)19-27(30)36/h21-22,24-26,30H,6-20H2,1-5H3,(H-,33,38,39,40,41)/p+1/t21-,22-,24-,25+,26?,30?,31+,32-/m1/s1. The molecule has 4 aliphatic carbocycles. The maximum atomic E-state index is 14.0. The predicted octanol–water partition coefficient (Wildman–Crippen LogP) is 3.85. The molecular weight excluding hydrogens is 556 g/mol. The minimum Gasteiger partial charge on any atom is -0.356 e. The lowest BCUT2D eigenvalue weighted by Crippen LogP contribution is -2.60. The summed E-state index contributed by atoms with van der Waals surface area (Å²) in [6.45, 7) is 8.45. The fourth-order valence-electron chi connectivity index (χ4n) is 9.56. The van der Waals surface area contributed by atoms with E-state index in [1.807, 2.05) is 14.1 Å². The Labute approximate surface area is 252 Å². The molecule has 4 rings (SSSR count). The summed E-state index contributed by atoms with van der Waals surface area (Å²) in [5, 5.41) is 3.01. The number of fused-ring (bicyclic) bond motifs is 5. The van der Waals surface area contributed by atoms with Gasteiger partial charge in [-0.1, -0.05) is 20.8 Å². The van der Waals surface area contributed by atoms with Gasteiger partial charge in [0, 0.05) is 62.8 Å². The van der Waals surface area contributed by atoms with Crippen molar-refractivity contribution >= 4 is 33.4 Å². The maximum Gasteiger partial charge on any atom is 0.265 e. The first kappa shape index (κ1) is 33.2. The first-order valence-electron chi connectivity index (χ1n) is 16.1. The number of quaternary nitrogens is 1. The van der Waals surface area contributed by atoms with Crippen LogP contribution in [0.4, 0.5) is 0 Å². The Kier molecular flexibility index (Phi) is 9.81. The molecule has 0 aromatic heterocycles. The molecule has 0 saturated heterocycles. The zero-order valence-corrected chi connectivity index (χ0v) is 27.1. The van der Waals surface area contributed by atoms with E-state index in [0.717, 1.165) is 32.2 Å². The van der Waals surface area contributed by atoms with Crippen LogP contribution in [0.15, 0.2) is 0 Å². The number of ketones is 3. The average molecular weight is 610 g/mol. The second-order valence-electron chi connectivity index (χ2n) is 15.2. The van der Waals surface area contributed by atoms with Crippen molar-refractivity contribution in [2.24, 2.45) is 46.3 Å². The molecular formula is C32H53N2O7S+. The molecule has 238 valence electrons. The third-order valence-electron chi connectivity index (χ3n) is 12.2. The van der Waals surface area contributed by atoms with Gasteiger partial charge in [0.25, 0.3) is 10.1 Å². The van der Waals surface area contributed by atoms with Gasteiger partial charge in [-0.3, -0.25) is 23.7 Å². The highest BCUT2D eigenvalue weighted by atomic mass is 32.2. The molecule has 8 atom stereocenters. The Hall–Kier alpha value is -1.65. The molecule has 0 heterocycles. The van der Waals surface area contributed by atoms with Crippen LogP contribution in [0.3, 0.4) is 0 Å². The Morgan fingerprint density at radius 1 is 1.05 bits per heavy atom. The number of carbonyl (C=O) groups is 4. The van der Waals surface area contributed by atoms with Crippen LogP contribution in [0.5, 0.6) is 0 Å². The smallest absolute Gasteiger partial charge is 0.265 e. The van der Waals surface area contributed by atoms with Crippen LogP contribution in [0.25, 0.3) is 0 Å². The van der Waals surface area contributed by atoms with Crippen LogP contribution in [-0.4, -0.2) is 80.2 Å². The first-order chi connectivity index (χ1) is 19.5. The van der Waals surface area contributed by atoms with Crippen LogP contribution >= 0.6 is 0 Å². The molecule has 0 radical (unpaired) electrons. The highest BCUT2D eigenvalue weighted by molar-refractivity contribution is 7.85. The largest absolute Gasteiger partial charge is 0.356 e. The van der Waals surface area contributed by atoms with E-state index < -0.39 is 15.5 Å². The number of nitrogens with zero attached hydrogens (tertiary/aromatic N) is 1. The molecule has 4 fully saturated rings. The molecule has 10 heteroatoms. The van der Waals surface area contributed by atoms with Crippen LogP contribution < -0.4 is 5.32 Å². The number of Topliss-reactive ketones (excluding diaryl/α,β-unsaturated/α-hetero) is 3. The highest BCUT2D eigenvalue weighted by Gasteiger charge is 2.66. The molecule has 4 aliphatic rings. The average Bonchev–Trinajstić information content (AvgIpc) is 3.24. The Balaban J connectivity index is 1.28. The summed E-state index contributed by atoms with van der Waals surface area (Å²) in [5.41, 5.74) is -0.640. The molecule has 2 N–H and O–H groups in total. The van der Waals surface area contributed by atoms with Crippen molar-refractivity contribution in [3.8, 4) is 0 Å². The normalized spacial score (nSPS) is 35.8. The third-order valence-corrected chi connectivity index (χ3v) is 13.0. The summed E-state index contributed by atoms with van der Waals surface area (Å²) < 4.78 is 31.4. The fourth-order valence-corrected chi connectivity index (χ4v) is 10.1. The lowest BCUT2D eigenvalue weighted by Gasteiger charge is -2.58. The van der Waals surface area contributed by atoms with Crippen molar-refractivity contribution in [1.29, 1.82) is 0 Å². The molecule has 0 bridgehead atoms. The summed E-state index contributed by atoms with van der Waals surface area (Å²) in [7, 11) is 0.0710. The number of amides is 1. The SMILES string of the molecule is C[C@H](CCC(=O)NCCC[N+](C)(C)CCCS(=O)(=O)O)[C@H]1CC[C@H]2C3C(=O)C[C@H]4CC(=O)CC[C@]4(C)C3CC(=O)[C@]12C. The molecule has 9 nitrogen and oxygen atoms in total. The van der Waals surface area contributed by atoms with Gasteiger partial charge in [0.1, 0.15) is 17.3 Å².